The van der Waals surface area contributed by atoms with Gasteiger partial charge >= 0.3 is 6.18 Å². The average molecular weight is 503 g/mol. The molecule has 4 nitrogen and oxygen atoms in total. The third-order valence-electron chi connectivity index (χ3n) is 6.03. The monoisotopic (exact) mass is 502 g/mol. The molecule has 2 aromatic carbocycles. The molecule has 0 saturated carbocycles. The maximum absolute atomic E-state index is 13.6. The molecule has 0 aliphatic carbocycles. The molecule has 1 fully saturated rings. The van der Waals surface area contributed by atoms with Gasteiger partial charge in [-0.1, -0.05) is 29.3 Å². The largest absolute Gasteiger partial charge is 0.416 e. The fraction of sp³-hybridized carbons (Fsp3) is 0.348. The summed E-state index contributed by atoms with van der Waals surface area (Å²) in [5.41, 5.74) is 0.935. The first kappa shape index (κ1) is 23.9. The topological polar surface area (TPSA) is 45.5 Å². The Bertz CT molecular complexity index is 1230. The second kappa shape index (κ2) is 8.81. The van der Waals surface area contributed by atoms with Crippen molar-refractivity contribution in [1.29, 1.82) is 0 Å². The molecule has 1 aromatic heterocycles. The first-order valence-corrected chi connectivity index (χ1v) is 11.0. The quantitative estimate of drug-likeness (QED) is 0.471. The summed E-state index contributed by atoms with van der Waals surface area (Å²) >= 11 is 12.9. The van der Waals surface area contributed by atoms with Crippen LogP contribution in [0.3, 0.4) is 0 Å². The van der Waals surface area contributed by atoms with E-state index in [1.807, 2.05) is 0 Å². The number of hydrogen-bond donors (Lipinski definition) is 1. The first-order chi connectivity index (χ1) is 15.5. The number of piperidine rings is 1. The van der Waals surface area contributed by atoms with Crippen molar-refractivity contribution in [2.45, 2.75) is 31.3 Å². The molecule has 2 atom stereocenters. The van der Waals surface area contributed by atoms with Crippen LogP contribution in [0.2, 0.25) is 10.0 Å². The Hall–Kier alpha value is -2.29. The second-order valence-corrected chi connectivity index (χ2v) is 8.94. The standard InChI is InChI=1S/C23H20Cl2F4N2O2/c1-30-14(8-12-2-3-13(9-19(12)30)23(27,28)29)10-16-17(24)5-4-15(21(16)25)22(33)31-7-6-18(26)20(32)11-31/h2-5,8-9,18,20,32H,6-7,10-11H2,1H3/t18-,20-/m1/s1. The van der Waals surface area contributed by atoms with Crippen LogP contribution in [0.1, 0.15) is 33.6 Å². The molecule has 0 spiro atoms. The fourth-order valence-electron chi connectivity index (χ4n) is 4.10. The van der Waals surface area contributed by atoms with Crippen molar-refractivity contribution >= 4 is 40.0 Å². The predicted octanol–water partition coefficient (Wildman–Crippen LogP) is 5.64. The fourth-order valence-corrected chi connectivity index (χ4v) is 4.68. The van der Waals surface area contributed by atoms with Crippen molar-refractivity contribution in [3.05, 3.63) is 68.8 Å². The molecule has 1 amide bonds. The third kappa shape index (κ3) is 4.56. The molecular weight excluding hydrogens is 483 g/mol. The lowest BCUT2D eigenvalue weighted by atomic mass is 10.0. The van der Waals surface area contributed by atoms with Gasteiger partial charge in [-0.2, -0.15) is 13.2 Å². The number of aromatic nitrogens is 1. The van der Waals surface area contributed by atoms with Crippen molar-refractivity contribution in [2.75, 3.05) is 13.1 Å². The molecule has 1 N–H and O–H groups in total. The lowest BCUT2D eigenvalue weighted by molar-refractivity contribution is -0.137. The number of likely N-dealkylation sites (tertiary alicyclic amines) is 1. The van der Waals surface area contributed by atoms with Gasteiger partial charge in [0.2, 0.25) is 0 Å². The Morgan fingerprint density at radius 3 is 2.58 bits per heavy atom. The summed E-state index contributed by atoms with van der Waals surface area (Å²) in [6.45, 7) is 0.00904. The smallest absolute Gasteiger partial charge is 0.388 e. The van der Waals surface area contributed by atoms with Gasteiger partial charge in [0.25, 0.3) is 5.91 Å². The molecule has 4 rings (SSSR count). The number of fused-ring (bicyclic) bond motifs is 1. The highest BCUT2D eigenvalue weighted by molar-refractivity contribution is 6.38. The molecule has 2 heterocycles. The first-order valence-electron chi connectivity index (χ1n) is 10.2. The number of carbonyl (C=O) groups excluding carboxylic acids is 1. The highest BCUT2D eigenvalue weighted by Crippen LogP contribution is 2.35. The molecular formula is C23H20Cl2F4N2O2. The van der Waals surface area contributed by atoms with Gasteiger partial charge in [-0.15, -0.1) is 0 Å². The van der Waals surface area contributed by atoms with Crippen molar-refractivity contribution in [1.82, 2.24) is 9.47 Å². The van der Waals surface area contributed by atoms with Gasteiger partial charge < -0.3 is 14.6 Å². The molecule has 0 bridgehead atoms. The molecule has 176 valence electrons. The Labute approximate surface area is 197 Å². The van der Waals surface area contributed by atoms with E-state index in [0.717, 1.165) is 12.1 Å². The van der Waals surface area contributed by atoms with Gasteiger partial charge in [-0.05, 0) is 47.7 Å². The number of hydrogen-bond acceptors (Lipinski definition) is 2. The number of β-amino-alcohol motifs (C(OH)–C–C–N with tert-alkyl or cyclic N) is 1. The lowest BCUT2D eigenvalue weighted by Crippen LogP contribution is -2.47. The Morgan fingerprint density at radius 1 is 1.18 bits per heavy atom. The van der Waals surface area contributed by atoms with Gasteiger partial charge in [0, 0.05) is 42.8 Å². The van der Waals surface area contributed by atoms with E-state index < -0.39 is 29.9 Å². The Balaban J connectivity index is 1.67. The summed E-state index contributed by atoms with van der Waals surface area (Å²) in [5.74, 6) is -0.448. The van der Waals surface area contributed by atoms with Crippen molar-refractivity contribution < 1.29 is 27.5 Å². The number of aliphatic hydroxyl groups excluding tert-OH is 1. The van der Waals surface area contributed by atoms with Crippen LogP contribution in [0.15, 0.2) is 36.4 Å². The maximum atomic E-state index is 13.6. The van der Waals surface area contributed by atoms with E-state index >= 15 is 0 Å². The number of aliphatic hydroxyl groups is 1. The summed E-state index contributed by atoms with van der Waals surface area (Å²) in [7, 11) is 1.65. The average Bonchev–Trinajstić information content (AvgIpc) is 3.07. The van der Waals surface area contributed by atoms with E-state index in [4.69, 9.17) is 23.2 Å². The van der Waals surface area contributed by atoms with Crippen LogP contribution in [0.25, 0.3) is 10.9 Å². The van der Waals surface area contributed by atoms with E-state index in [1.165, 1.54) is 23.1 Å². The molecule has 1 saturated heterocycles. The maximum Gasteiger partial charge on any atom is 0.416 e. The van der Waals surface area contributed by atoms with E-state index in [1.54, 1.807) is 17.7 Å². The van der Waals surface area contributed by atoms with E-state index in [0.29, 0.717) is 27.2 Å². The Morgan fingerprint density at radius 2 is 1.91 bits per heavy atom. The minimum atomic E-state index is -4.45. The van der Waals surface area contributed by atoms with Crippen LogP contribution >= 0.6 is 23.2 Å². The molecule has 1 aliphatic rings. The van der Waals surface area contributed by atoms with Gasteiger partial charge in [0.05, 0.1) is 16.1 Å². The highest BCUT2D eigenvalue weighted by atomic mass is 35.5. The number of nitrogens with zero attached hydrogens (tertiary/aromatic N) is 2. The molecule has 0 radical (unpaired) electrons. The molecule has 0 unspecified atom stereocenters. The molecule has 1 aliphatic heterocycles. The third-order valence-corrected chi connectivity index (χ3v) is 6.82. The van der Waals surface area contributed by atoms with Gasteiger partial charge in [-0.3, -0.25) is 4.79 Å². The van der Waals surface area contributed by atoms with Crippen LogP contribution in [0.5, 0.6) is 0 Å². The second-order valence-electron chi connectivity index (χ2n) is 8.15. The van der Waals surface area contributed by atoms with Crippen molar-refractivity contribution in [3.8, 4) is 0 Å². The number of rotatable bonds is 3. The van der Waals surface area contributed by atoms with Gasteiger partial charge in [0.15, 0.2) is 0 Å². The predicted molar refractivity (Wildman–Crippen MR) is 119 cm³/mol. The Kier molecular flexibility index (Phi) is 6.37. The zero-order valence-corrected chi connectivity index (χ0v) is 19.0. The van der Waals surface area contributed by atoms with Crippen LogP contribution in [-0.2, 0) is 19.6 Å². The van der Waals surface area contributed by atoms with Crippen LogP contribution in [0, 0.1) is 0 Å². The van der Waals surface area contributed by atoms with Crippen LogP contribution < -0.4 is 0 Å². The number of aryl methyl sites for hydroxylation is 1. The van der Waals surface area contributed by atoms with E-state index in [9.17, 15) is 27.5 Å². The minimum absolute atomic E-state index is 0.0286. The summed E-state index contributed by atoms with van der Waals surface area (Å²) in [6.07, 6.45) is -6.88. The van der Waals surface area contributed by atoms with Gasteiger partial charge in [0.1, 0.15) is 12.3 Å². The molecule has 33 heavy (non-hydrogen) atoms. The number of alkyl halides is 4. The zero-order chi connectivity index (χ0) is 24.1. The molecule has 3 aromatic rings. The van der Waals surface area contributed by atoms with Gasteiger partial charge in [-0.25, -0.2) is 4.39 Å². The van der Waals surface area contributed by atoms with E-state index in [2.05, 4.69) is 0 Å². The number of benzene rings is 2. The lowest BCUT2D eigenvalue weighted by Gasteiger charge is -2.32. The SMILES string of the molecule is Cn1c(Cc2c(Cl)ccc(C(=O)N3CC[C@@H](F)[C@H](O)C3)c2Cl)cc2ccc(C(F)(F)F)cc21. The number of carbonyl (C=O) groups is 1. The normalized spacial score (nSPS) is 19.3. The van der Waals surface area contributed by atoms with Crippen LogP contribution in [-0.4, -0.2) is 45.8 Å². The number of amides is 1. The zero-order valence-electron chi connectivity index (χ0n) is 17.5. The van der Waals surface area contributed by atoms with Crippen LogP contribution in [0.4, 0.5) is 17.6 Å². The summed E-state index contributed by atoms with van der Waals surface area (Å²) in [4.78, 5) is 14.3. The van der Waals surface area contributed by atoms with E-state index in [-0.39, 0.29) is 36.5 Å². The van der Waals surface area contributed by atoms with Crippen molar-refractivity contribution in [2.24, 2.45) is 7.05 Å². The number of halogens is 6. The summed E-state index contributed by atoms with van der Waals surface area (Å²) in [6, 6.07) is 8.27. The minimum Gasteiger partial charge on any atom is -0.388 e. The summed E-state index contributed by atoms with van der Waals surface area (Å²) in [5, 5.41) is 10.8. The molecule has 10 heteroatoms. The van der Waals surface area contributed by atoms with Crippen molar-refractivity contribution in [3.63, 3.8) is 0 Å². The summed E-state index contributed by atoms with van der Waals surface area (Å²) < 4.78 is 54.5. The highest BCUT2D eigenvalue weighted by Gasteiger charge is 2.32.